The van der Waals surface area contributed by atoms with E-state index in [1.54, 1.807) is 12.1 Å². The second-order valence-corrected chi connectivity index (χ2v) is 8.28. The van der Waals surface area contributed by atoms with Crippen molar-refractivity contribution in [2.24, 2.45) is 5.92 Å². The average molecular weight is 414 g/mol. The summed E-state index contributed by atoms with van der Waals surface area (Å²) < 4.78 is 45.6. The van der Waals surface area contributed by atoms with E-state index in [2.05, 4.69) is 12.1 Å². The Bertz CT molecular complexity index is 906. The lowest BCUT2D eigenvalue weighted by Crippen LogP contribution is -2.33. The van der Waals surface area contributed by atoms with Gasteiger partial charge in [-0.2, -0.15) is 18.4 Å². The Morgan fingerprint density at radius 2 is 1.70 bits per heavy atom. The maximum Gasteiger partial charge on any atom is 0.417 e. The van der Waals surface area contributed by atoms with E-state index < -0.39 is 11.7 Å². The highest BCUT2D eigenvalue weighted by Gasteiger charge is 2.34. The van der Waals surface area contributed by atoms with Crippen molar-refractivity contribution < 1.29 is 17.9 Å². The molecule has 0 unspecified atom stereocenters. The number of benzene rings is 2. The third-order valence-corrected chi connectivity index (χ3v) is 6.35. The molecule has 2 fully saturated rings. The van der Waals surface area contributed by atoms with Crippen LogP contribution in [0.3, 0.4) is 0 Å². The van der Waals surface area contributed by atoms with Crippen LogP contribution in [-0.4, -0.2) is 19.7 Å². The first-order valence-electron chi connectivity index (χ1n) is 10.5. The number of hydrogen-bond acceptors (Lipinski definition) is 3. The molecule has 2 aromatic carbocycles. The van der Waals surface area contributed by atoms with Crippen LogP contribution >= 0.6 is 0 Å². The van der Waals surface area contributed by atoms with Crippen LogP contribution in [-0.2, 0) is 6.18 Å². The number of halogens is 3. The molecule has 158 valence electrons. The standard InChI is InChI=1S/C24H25F3N2O/c25-24(26,27)23-14-21(7-4-20(23)15-28)29-12-10-19(11-13-29)18-5-8-22(9-6-18)30-16-17-2-1-3-17/h4-9,14,17,19H,1-3,10-13,16H2. The zero-order valence-corrected chi connectivity index (χ0v) is 16.8. The SMILES string of the molecule is N#Cc1ccc(N2CCC(c3ccc(OCC4CCC4)cc3)CC2)cc1C(F)(F)F. The lowest BCUT2D eigenvalue weighted by atomic mass is 9.86. The summed E-state index contributed by atoms with van der Waals surface area (Å²) in [5, 5.41) is 8.97. The molecule has 1 saturated carbocycles. The van der Waals surface area contributed by atoms with E-state index in [1.165, 1.54) is 30.9 Å². The Morgan fingerprint density at radius 1 is 1.00 bits per heavy atom. The van der Waals surface area contributed by atoms with Crippen LogP contribution in [0.1, 0.15) is 54.7 Å². The summed E-state index contributed by atoms with van der Waals surface area (Å²) in [6.07, 6.45) is 1.07. The van der Waals surface area contributed by atoms with Crippen molar-refractivity contribution in [1.82, 2.24) is 0 Å². The molecule has 0 spiro atoms. The molecule has 0 amide bonds. The predicted octanol–water partition coefficient (Wildman–Crippen LogP) is 6.14. The first-order chi connectivity index (χ1) is 14.4. The van der Waals surface area contributed by atoms with Gasteiger partial charge in [0.25, 0.3) is 0 Å². The number of nitrogens with zero attached hydrogens (tertiary/aromatic N) is 2. The van der Waals surface area contributed by atoms with Gasteiger partial charge >= 0.3 is 6.18 Å². The van der Waals surface area contributed by atoms with Gasteiger partial charge in [-0.05, 0) is 73.4 Å². The highest BCUT2D eigenvalue weighted by molar-refractivity contribution is 5.55. The smallest absolute Gasteiger partial charge is 0.417 e. The molecule has 0 aromatic heterocycles. The zero-order chi connectivity index (χ0) is 21.1. The minimum atomic E-state index is -4.53. The van der Waals surface area contributed by atoms with Gasteiger partial charge in [-0.3, -0.25) is 0 Å². The molecule has 2 aromatic rings. The van der Waals surface area contributed by atoms with Gasteiger partial charge in [-0.1, -0.05) is 18.6 Å². The van der Waals surface area contributed by atoms with Gasteiger partial charge in [0.15, 0.2) is 0 Å². The molecule has 0 radical (unpaired) electrons. The molecule has 2 aliphatic rings. The summed E-state index contributed by atoms with van der Waals surface area (Å²) >= 11 is 0. The van der Waals surface area contributed by atoms with Crippen molar-refractivity contribution in [3.8, 4) is 11.8 Å². The molecule has 4 rings (SSSR count). The molecule has 6 heteroatoms. The van der Waals surface area contributed by atoms with Crippen LogP contribution in [0.4, 0.5) is 18.9 Å². The molecule has 1 saturated heterocycles. The maximum atomic E-state index is 13.2. The van der Waals surface area contributed by atoms with Gasteiger partial charge < -0.3 is 9.64 Å². The highest BCUT2D eigenvalue weighted by atomic mass is 19.4. The molecular formula is C24H25F3N2O. The van der Waals surface area contributed by atoms with Gasteiger partial charge in [-0.15, -0.1) is 0 Å². The normalized spacial score (nSPS) is 18.0. The minimum Gasteiger partial charge on any atom is -0.493 e. The third kappa shape index (κ3) is 4.56. The lowest BCUT2D eigenvalue weighted by molar-refractivity contribution is -0.137. The molecule has 1 aliphatic heterocycles. The Hall–Kier alpha value is -2.68. The molecule has 0 atom stereocenters. The van der Waals surface area contributed by atoms with Crippen LogP contribution in [0.25, 0.3) is 0 Å². The Morgan fingerprint density at radius 3 is 2.27 bits per heavy atom. The fourth-order valence-electron chi connectivity index (χ4n) is 4.24. The zero-order valence-electron chi connectivity index (χ0n) is 16.8. The molecule has 3 nitrogen and oxygen atoms in total. The fraction of sp³-hybridized carbons (Fsp3) is 0.458. The number of hydrogen-bond donors (Lipinski definition) is 0. The van der Waals surface area contributed by atoms with Crippen LogP contribution in [0, 0.1) is 17.2 Å². The summed E-state index contributed by atoms with van der Waals surface area (Å²) in [7, 11) is 0. The summed E-state index contributed by atoms with van der Waals surface area (Å²) in [5.41, 5.74) is 0.587. The van der Waals surface area contributed by atoms with Crippen molar-refractivity contribution in [1.29, 1.82) is 5.26 Å². The van der Waals surface area contributed by atoms with Crippen molar-refractivity contribution in [3.05, 3.63) is 59.2 Å². The van der Waals surface area contributed by atoms with E-state index in [0.29, 0.717) is 30.6 Å². The molecule has 30 heavy (non-hydrogen) atoms. The summed E-state index contributed by atoms with van der Waals surface area (Å²) in [5.74, 6) is 2.00. The van der Waals surface area contributed by atoms with E-state index in [1.807, 2.05) is 17.0 Å². The number of anilines is 1. The maximum absolute atomic E-state index is 13.2. The molecule has 1 heterocycles. The van der Waals surface area contributed by atoms with Gasteiger partial charge in [0.2, 0.25) is 0 Å². The van der Waals surface area contributed by atoms with Crippen LogP contribution in [0.5, 0.6) is 5.75 Å². The number of piperidine rings is 1. The molecule has 0 N–H and O–H groups in total. The summed E-state index contributed by atoms with van der Waals surface area (Å²) in [6, 6.07) is 13.9. The Balaban J connectivity index is 1.36. The van der Waals surface area contributed by atoms with Crippen molar-refractivity contribution in [2.45, 2.75) is 44.2 Å². The van der Waals surface area contributed by atoms with Gasteiger partial charge in [0, 0.05) is 18.8 Å². The summed E-state index contributed by atoms with van der Waals surface area (Å²) in [4.78, 5) is 1.98. The first kappa shape index (κ1) is 20.6. The van der Waals surface area contributed by atoms with Gasteiger partial charge in [0.1, 0.15) is 5.75 Å². The Kier molecular flexibility index (Phi) is 5.90. The number of rotatable bonds is 5. The number of alkyl halides is 3. The molecular weight excluding hydrogens is 389 g/mol. The van der Waals surface area contributed by atoms with Crippen LogP contribution in [0.2, 0.25) is 0 Å². The first-order valence-corrected chi connectivity index (χ1v) is 10.5. The fourth-order valence-corrected chi connectivity index (χ4v) is 4.24. The highest BCUT2D eigenvalue weighted by Crippen LogP contribution is 2.36. The average Bonchev–Trinajstić information content (AvgIpc) is 2.72. The Labute approximate surface area is 175 Å². The number of ether oxygens (including phenoxy) is 1. The van der Waals surface area contributed by atoms with Gasteiger partial charge in [0.05, 0.1) is 23.8 Å². The van der Waals surface area contributed by atoms with Crippen molar-refractivity contribution >= 4 is 5.69 Å². The van der Waals surface area contributed by atoms with E-state index in [0.717, 1.165) is 31.3 Å². The largest absolute Gasteiger partial charge is 0.493 e. The molecule has 0 bridgehead atoms. The number of nitriles is 1. The topological polar surface area (TPSA) is 36.3 Å². The molecule has 1 aliphatic carbocycles. The van der Waals surface area contributed by atoms with Gasteiger partial charge in [-0.25, -0.2) is 0 Å². The lowest BCUT2D eigenvalue weighted by Gasteiger charge is -2.34. The van der Waals surface area contributed by atoms with Crippen molar-refractivity contribution in [2.75, 3.05) is 24.6 Å². The van der Waals surface area contributed by atoms with Crippen molar-refractivity contribution in [3.63, 3.8) is 0 Å². The van der Waals surface area contributed by atoms with E-state index in [4.69, 9.17) is 10.00 Å². The predicted molar refractivity (Wildman–Crippen MR) is 110 cm³/mol. The van der Waals surface area contributed by atoms with Crippen LogP contribution < -0.4 is 9.64 Å². The summed E-state index contributed by atoms with van der Waals surface area (Å²) in [6.45, 7) is 2.17. The second kappa shape index (κ2) is 8.59. The van der Waals surface area contributed by atoms with E-state index in [9.17, 15) is 13.2 Å². The monoisotopic (exact) mass is 414 g/mol. The minimum absolute atomic E-state index is 0.333. The second-order valence-electron chi connectivity index (χ2n) is 8.28. The third-order valence-electron chi connectivity index (χ3n) is 6.35. The quantitative estimate of drug-likeness (QED) is 0.590. The van der Waals surface area contributed by atoms with E-state index in [-0.39, 0.29) is 5.56 Å². The van der Waals surface area contributed by atoms with Crippen LogP contribution in [0.15, 0.2) is 42.5 Å². The van der Waals surface area contributed by atoms with E-state index >= 15 is 0 Å².